The van der Waals surface area contributed by atoms with Gasteiger partial charge in [0, 0.05) is 51.3 Å². The summed E-state index contributed by atoms with van der Waals surface area (Å²) in [6.07, 6.45) is 3.56. The van der Waals surface area contributed by atoms with E-state index in [0.717, 1.165) is 83.5 Å². The zero-order valence-electron chi connectivity index (χ0n) is 38.8. The van der Waals surface area contributed by atoms with Crippen LogP contribution in [0.15, 0.2) is 255 Å². The lowest BCUT2D eigenvalue weighted by molar-refractivity contribution is 1.07. The van der Waals surface area contributed by atoms with E-state index < -0.39 is 0 Å². The van der Waals surface area contributed by atoms with E-state index in [1.165, 1.54) is 0 Å². The van der Waals surface area contributed by atoms with Crippen molar-refractivity contribution >= 4 is 0 Å². The predicted molar refractivity (Wildman–Crippen MR) is 289 cm³/mol. The van der Waals surface area contributed by atoms with Crippen LogP contribution in [0.2, 0.25) is 0 Å². The molecule has 12 aromatic rings. The Balaban J connectivity index is 1.06. The van der Waals surface area contributed by atoms with Gasteiger partial charge in [-0.1, -0.05) is 237 Å². The van der Waals surface area contributed by atoms with Crippen molar-refractivity contribution in [3.8, 4) is 124 Å². The summed E-state index contributed by atoms with van der Waals surface area (Å²) in [4.78, 5) is 41.3. The first kappa shape index (κ1) is 43.4. The van der Waals surface area contributed by atoms with Gasteiger partial charge in [-0.05, 0) is 50.6 Å². The molecule has 338 valence electrons. The lowest BCUT2D eigenvalue weighted by Crippen LogP contribution is -2.03. The molecule has 0 N–H and O–H groups in total. The molecule has 0 amide bonds. The van der Waals surface area contributed by atoms with E-state index in [1.807, 2.05) is 152 Å². The molecule has 0 aliphatic carbocycles. The fraction of sp³-hybridized carbons (Fsp3) is 0. The molecule has 3 heterocycles. The number of rotatable bonds is 11. The van der Waals surface area contributed by atoms with E-state index in [2.05, 4.69) is 91.0 Å². The average molecular weight is 923 g/mol. The molecule has 8 heteroatoms. The van der Waals surface area contributed by atoms with Gasteiger partial charge in [0.15, 0.2) is 40.8 Å². The van der Waals surface area contributed by atoms with E-state index in [1.54, 1.807) is 12.4 Å². The monoisotopic (exact) mass is 922 g/mol. The molecule has 12 rings (SSSR count). The van der Waals surface area contributed by atoms with Crippen LogP contribution in [-0.4, -0.2) is 39.9 Å². The standard InChI is InChI=1S/C64H42N8/c1-5-23-43(24-6-1)47-31-13-17-35-53(47)60-67-58(45-27-9-3-10-28-45)69-62(71-60)55-37-19-15-33-49(55)51-39-21-40-52(57(51)64-65-41-22-42-66-64)50-34-16-20-38-56(50)63-70-59(46-29-11-4-12-30-46)68-61(72-63)54-36-18-14-32-48(54)44-25-7-2-8-26-44/h1-42H. The summed E-state index contributed by atoms with van der Waals surface area (Å²) in [5.74, 6) is 3.90. The van der Waals surface area contributed by atoms with E-state index in [-0.39, 0.29) is 0 Å². The summed E-state index contributed by atoms with van der Waals surface area (Å²) in [6, 6.07) is 82.1. The number of nitrogens with zero attached hydrogens (tertiary/aromatic N) is 8. The highest BCUT2D eigenvalue weighted by Crippen LogP contribution is 2.45. The zero-order valence-corrected chi connectivity index (χ0v) is 38.8. The third-order valence-corrected chi connectivity index (χ3v) is 12.6. The minimum absolute atomic E-state index is 0.532. The SMILES string of the molecule is c1ccc(-c2nc(-c3ccccc3-c3ccccc3)nc(-c3ccccc3-c3cccc(-c4ccccc4-c4nc(-c5ccccc5)nc(-c5ccccc5-c5ccccc5)n4)c3-c3ncccn3)n2)cc1. The lowest BCUT2D eigenvalue weighted by atomic mass is 9.87. The van der Waals surface area contributed by atoms with Gasteiger partial charge in [0.25, 0.3) is 0 Å². The van der Waals surface area contributed by atoms with Crippen LogP contribution in [0.1, 0.15) is 0 Å². The van der Waals surface area contributed by atoms with Gasteiger partial charge in [-0.15, -0.1) is 0 Å². The number of aromatic nitrogens is 8. The lowest BCUT2D eigenvalue weighted by Gasteiger charge is -2.19. The summed E-state index contributed by atoms with van der Waals surface area (Å²) >= 11 is 0. The molecule has 0 saturated heterocycles. The second kappa shape index (κ2) is 19.6. The van der Waals surface area contributed by atoms with Gasteiger partial charge in [-0.25, -0.2) is 39.9 Å². The summed E-state index contributed by atoms with van der Waals surface area (Å²) in [6.45, 7) is 0. The van der Waals surface area contributed by atoms with Crippen molar-refractivity contribution in [3.05, 3.63) is 255 Å². The van der Waals surface area contributed by atoms with Gasteiger partial charge < -0.3 is 0 Å². The molecule has 0 bridgehead atoms. The smallest absolute Gasteiger partial charge is 0.164 e. The molecule has 0 aliphatic rings. The molecule has 0 spiro atoms. The van der Waals surface area contributed by atoms with Gasteiger partial charge in [0.05, 0.1) is 0 Å². The Hall–Kier alpha value is -9.92. The molecule has 0 fully saturated rings. The van der Waals surface area contributed by atoms with Crippen LogP contribution in [0.5, 0.6) is 0 Å². The largest absolute Gasteiger partial charge is 0.237 e. The molecular weight excluding hydrogens is 881 g/mol. The highest BCUT2D eigenvalue weighted by Gasteiger charge is 2.24. The van der Waals surface area contributed by atoms with E-state index in [4.69, 9.17) is 39.9 Å². The quantitative estimate of drug-likeness (QED) is 0.126. The van der Waals surface area contributed by atoms with E-state index in [9.17, 15) is 0 Å². The molecule has 0 atom stereocenters. The van der Waals surface area contributed by atoms with Crippen molar-refractivity contribution in [1.29, 1.82) is 0 Å². The fourth-order valence-corrected chi connectivity index (χ4v) is 9.26. The van der Waals surface area contributed by atoms with Gasteiger partial charge in [-0.2, -0.15) is 0 Å². The van der Waals surface area contributed by atoms with Crippen molar-refractivity contribution in [2.45, 2.75) is 0 Å². The molecule has 0 saturated carbocycles. The topological polar surface area (TPSA) is 103 Å². The van der Waals surface area contributed by atoms with Crippen molar-refractivity contribution in [2.24, 2.45) is 0 Å². The molecule has 0 unspecified atom stereocenters. The molecule has 3 aromatic heterocycles. The van der Waals surface area contributed by atoms with Crippen LogP contribution < -0.4 is 0 Å². The second-order valence-electron chi connectivity index (χ2n) is 17.1. The molecule has 0 aliphatic heterocycles. The number of hydrogen-bond donors (Lipinski definition) is 0. The molecule has 9 aromatic carbocycles. The maximum atomic E-state index is 5.32. The van der Waals surface area contributed by atoms with E-state index in [0.29, 0.717) is 40.8 Å². The van der Waals surface area contributed by atoms with Crippen molar-refractivity contribution < 1.29 is 0 Å². The van der Waals surface area contributed by atoms with Gasteiger partial charge in [0.1, 0.15) is 0 Å². The summed E-state index contributed by atoms with van der Waals surface area (Å²) in [5, 5.41) is 0. The highest BCUT2D eigenvalue weighted by atomic mass is 15.0. The molecular formula is C64H42N8. The summed E-state index contributed by atoms with van der Waals surface area (Å²) in [5.41, 5.74) is 13.8. The van der Waals surface area contributed by atoms with Crippen LogP contribution in [0, 0.1) is 0 Å². The van der Waals surface area contributed by atoms with Crippen LogP contribution >= 0.6 is 0 Å². The minimum Gasteiger partial charge on any atom is -0.237 e. The Morgan fingerprint density at radius 3 is 0.792 bits per heavy atom. The molecule has 0 radical (unpaired) electrons. The Bertz CT molecular complexity index is 3620. The summed E-state index contributed by atoms with van der Waals surface area (Å²) in [7, 11) is 0. The third-order valence-electron chi connectivity index (χ3n) is 12.6. The highest BCUT2D eigenvalue weighted by molar-refractivity contribution is 5.99. The van der Waals surface area contributed by atoms with Gasteiger partial charge in [-0.3, -0.25) is 0 Å². The second-order valence-corrected chi connectivity index (χ2v) is 17.1. The Labute approximate surface area is 417 Å². The minimum atomic E-state index is 0.532. The first-order chi connectivity index (χ1) is 35.7. The third kappa shape index (κ3) is 8.61. The Morgan fingerprint density at radius 2 is 0.431 bits per heavy atom. The number of benzene rings is 9. The summed E-state index contributed by atoms with van der Waals surface area (Å²) < 4.78 is 0. The van der Waals surface area contributed by atoms with Crippen molar-refractivity contribution in [1.82, 2.24) is 39.9 Å². The van der Waals surface area contributed by atoms with Crippen LogP contribution in [-0.2, 0) is 0 Å². The maximum Gasteiger partial charge on any atom is 0.164 e. The zero-order chi connectivity index (χ0) is 48.1. The van der Waals surface area contributed by atoms with Gasteiger partial charge in [0.2, 0.25) is 0 Å². The van der Waals surface area contributed by atoms with E-state index >= 15 is 0 Å². The molecule has 8 nitrogen and oxygen atoms in total. The average Bonchev–Trinajstić information content (AvgIpc) is 3.48. The van der Waals surface area contributed by atoms with Crippen molar-refractivity contribution in [2.75, 3.05) is 0 Å². The van der Waals surface area contributed by atoms with Crippen molar-refractivity contribution in [3.63, 3.8) is 0 Å². The Morgan fingerprint density at radius 1 is 0.167 bits per heavy atom. The first-order valence-corrected chi connectivity index (χ1v) is 23.8. The molecule has 72 heavy (non-hydrogen) atoms. The first-order valence-electron chi connectivity index (χ1n) is 23.8. The predicted octanol–water partition coefficient (Wildman–Crippen LogP) is 15.2. The van der Waals surface area contributed by atoms with Crippen LogP contribution in [0.4, 0.5) is 0 Å². The van der Waals surface area contributed by atoms with Crippen LogP contribution in [0.3, 0.4) is 0 Å². The fourth-order valence-electron chi connectivity index (χ4n) is 9.26. The Kier molecular flexibility index (Phi) is 11.8. The van der Waals surface area contributed by atoms with Gasteiger partial charge >= 0.3 is 0 Å². The normalized spacial score (nSPS) is 11.1. The number of hydrogen-bond acceptors (Lipinski definition) is 8. The maximum absolute atomic E-state index is 5.32. The van der Waals surface area contributed by atoms with Crippen LogP contribution in [0.25, 0.3) is 124 Å².